The zero-order chi connectivity index (χ0) is 19.2. The SMILES string of the molecule is COc1nc(N)nc2c1nc(C)n2[C@@H]1O[C@H](C(C)OC)[C@@](C)(OC)[C@@H]1O. The maximum absolute atomic E-state index is 11.0. The maximum atomic E-state index is 11.0. The number of nitrogens with zero attached hydrogens (tertiary/aromatic N) is 4. The highest BCUT2D eigenvalue weighted by atomic mass is 16.6. The minimum absolute atomic E-state index is 0.0410. The number of aryl methyl sites for hydroxylation is 1. The van der Waals surface area contributed by atoms with Crippen LogP contribution in [-0.2, 0) is 14.2 Å². The molecular formula is C16H25N5O5. The van der Waals surface area contributed by atoms with Crippen molar-refractivity contribution in [1.29, 1.82) is 0 Å². The molecule has 0 radical (unpaired) electrons. The quantitative estimate of drug-likeness (QED) is 0.773. The minimum atomic E-state index is -0.992. The number of anilines is 1. The fourth-order valence-corrected chi connectivity index (χ4v) is 3.47. The van der Waals surface area contributed by atoms with Gasteiger partial charge in [-0.2, -0.15) is 9.97 Å². The molecule has 10 heteroatoms. The Morgan fingerprint density at radius 1 is 1.27 bits per heavy atom. The van der Waals surface area contributed by atoms with Crippen molar-refractivity contribution in [1.82, 2.24) is 19.5 Å². The number of fused-ring (bicyclic) bond motifs is 1. The summed E-state index contributed by atoms with van der Waals surface area (Å²) < 4.78 is 24.1. The number of imidazole rings is 1. The summed E-state index contributed by atoms with van der Waals surface area (Å²) in [6.45, 7) is 5.43. The molecule has 1 aliphatic heterocycles. The van der Waals surface area contributed by atoms with E-state index in [2.05, 4.69) is 15.0 Å². The normalized spacial score (nSPS) is 30.0. The molecule has 0 saturated carbocycles. The molecule has 1 aliphatic rings. The average Bonchev–Trinajstić information content (AvgIpc) is 3.08. The molecule has 0 amide bonds. The lowest BCUT2D eigenvalue weighted by atomic mass is 9.91. The number of aliphatic hydroxyl groups is 1. The highest BCUT2D eigenvalue weighted by Crippen LogP contribution is 2.43. The Labute approximate surface area is 151 Å². The third-order valence-corrected chi connectivity index (χ3v) is 5.10. The average molecular weight is 367 g/mol. The predicted octanol–water partition coefficient (Wildman–Crippen LogP) is 0.424. The highest BCUT2D eigenvalue weighted by Gasteiger charge is 2.57. The van der Waals surface area contributed by atoms with Gasteiger partial charge in [0.15, 0.2) is 17.4 Å². The van der Waals surface area contributed by atoms with Gasteiger partial charge in [0.2, 0.25) is 11.8 Å². The van der Waals surface area contributed by atoms with E-state index in [1.54, 1.807) is 25.5 Å². The second-order valence-electron chi connectivity index (χ2n) is 6.51. The second-order valence-corrected chi connectivity index (χ2v) is 6.51. The molecule has 0 aromatic carbocycles. The van der Waals surface area contributed by atoms with Gasteiger partial charge in [-0.05, 0) is 20.8 Å². The molecule has 26 heavy (non-hydrogen) atoms. The number of hydrogen-bond donors (Lipinski definition) is 2. The summed E-state index contributed by atoms with van der Waals surface area (Å²) in [5.41, 5.74) is 5.68. The fraction of sp³-hybridized carbons (Fsp3) is 0.688. The summed E-state index contributed by atoms with van der Waals surface area (Å²) in [7, 11) is 4.60. The number of aliphatic hydroxyl groups excluding tert-OH is 1. The van der Waals surface area contributed by atoms with Gasteiger partial charge in [-0.1, -0.05) is 0 Å². The van der Waals surface area contributed by atoms with Crippen LogP contribution in [-0.4, -0.2) is 69.9 Å². The van der Waals surface area contributed by atoms with Crippen LogP contribution in [0.4, 0.5) is 5.95 Å². The molecule has 3 N–H and O–H groups in total. The van der Waals surface area contributed by atoms with Crippen LogP contribution in [0.25, 0.3) is 11.2 Å². The Balaban J connectivity index is 2.15. The van der Waals surface area contributed by atoms with Crippen LogP contribution >= 0.6 is 0 Å². The Bertz CT molecular complexity index is 812. The summed E-state index contributed by atoms with van der Waals surface area (Å²) in [4.78, 5) is 12.8. The zero-order valence-corrected chi connectivity index (χ0v) is 15.8. The first kappa shape index (κ1) is 18.8. The molecular weight excluding hydrogens is 342 g/mol. The van der Waals surface area contributed by atoms with Crippen LogP contribution in [0.5, 0.6) is 5.88 Å². The number of nitrogen functional groups attached to an aromatic ring is 1. The van der Waals surface area contributed by atoms with E-state index in [0.29, 0.717) is 17.0 Å². The smallest absolute Gasteiger partial charge is 0.246 e. The van der Waals surface area contributed by atoms with E-state index in [1.165, 1.54) is 14.2 Å². The maximum Gasteiger partial charge on any atom is 0.246 e. The molecule has 2 aromatic rings. The van der Waals surface area contributed by atoms with E-state index in [9.17, 15) is 5.11 Å². The topological polar surface area (TPSA) is 127 Å². The summed E-state index contributed by atoms with van der Waals surface area (Å²) in [6.07, 6.45) is -2.58. The third kappa shape index (κ3) is 2.60. The molecule has 2 aromatic heterocycles. The first-order chi connectivity index (χ1) is 12.3. The van der Waals surface area contributed by atoms with Gasteiger partial charge in [0.05, 0.1) is 13.2 Å². The van der Waals surface area contributed by atoms with E-state index in [0.717, 1.165) is 0 Å². The molecule has 1 fully saturated rings. The van der Waals surface area contributed by atoms with Gasteiger partial charge < -0.3 is 29.8 Å². The van der Waals surface area contributed by atoms with Gasteiger partial charge >= 0.3 is 0 Å². The monoisotopic (exact) mass is 367 g/mol. The Morgan fingerprint density at radius 2 is 1.96 bits per heavy atom. The first-order valence-corrected chi connectivity index (χ1v) is 8.26. The van der Waals surface area contributed by atoms with Gasteiger partial charge in [-0.25, -0.2) is 4.98 Å². The van der Waals surface area contributed by atoms with Crippen molar-refractivity contribution in [2.24, 2.45) is 0 Å². The van der Waals surface area contributed by atoms with Gasteiger partial charge in [0.25, 0.3) is 0 Å². The lowest BCUT2D eigenvalue weighted by molar-refractivity contribution is -0.133. The summed E-state index contributed by atoms with van der Waals surface area (Å²) in [5, 5.41) is 11.0. The molecule has 3 rings (SSSR count). The summed E-state index contributed by atoms with van der Waals surface area (Å²) in [5.74, 6) is 0.879. The van der Waals surface area contributed by atoms with Crippen molar-refractivity contribution in [2.75, 3.05) is 27.1 Å². The molecule has 144 valence electrons. The summed E-state index contributed by atoms with van der Waals surface area (Å²) >= 11 is 0. The molecule has 0 aliphatic carbocycles. The minimum Gasteiger partial charge on any atom is -0.479 e. The number of hydrogen-bond acceptors (Lipinski definition) is 9. The second kappa shape index (κ2) is 6.62. The van der Waals surface area contributed by atoms with Crippen molar-refractivity contribution >= 4 is 17.1 Å². The fourth-order valence-electron chi connectivity index (χ4n) is 3.47. The highest BCUT2D eigenvalue weighted by molar-refractivity contribution is 5.78. The van der Waals surface area contributed by atoms with E-state index in [4.69, 9.17) is 24.7 Å². The van der Waals surface area contributed by atoms with E-state index < -0.39 is 24.0 Å². The molecule has 1 saturated heterocycles. The number of ether oxygens (including phenoxy) is 4. The molecule has 10 nitrogen and oxygen atoms in total. The largest absolute Gasteiger partial charge is 0.479 e. The number of methoxy groups -OCH3 is 3. The first-order valence-electron chi connectivity index (χ1n) is 8.26. The van der Waals surface area contributed by atoms with Crippen LogP contribution in [0.15, 0.2) is 0 Å². The standard InChI is InChI=1S/C16H25N5O5/c1-7(23-4)11-16(3,25-6)10(22)14(26-11)21-8(2)18-9-12(21)19-15(17)20-13(9)24-5/h7,10-11,14,22H,1-6H3,(H2,17,19,20)/t7?,10-,11-,14-,16+/m1/s1. The lowest BCUT2D eigenvalue weighted by Gasteiger charge is -2.33. The van der Waals surface area contributed by atoms with Crippen LogP contribution in [0.2, 0.25) is 0 Å². The molecule has 0 spiro atoms. The van der Waals surface area contributed by atoms with Crippen molar-refractivity contribution in [3.8, 4) is 5.88 Å². The predicted molar refractivity (Wildman–Crippen MR) is 92.8 cm³/mol. The molecule has 5 atom stereocenters. The van der Waals surface area contributed by atoms with E-state index in [1.807, 2.05) is 6.92 Å². The van der Waals surface area contributed by atoms with Gasteiger partial charge in [0, 0.05) is 14.2 Å². The Kier molecular flexibility index (Phi) is 4.78. The molecule has 0 bridgehead atoms. The van der Waals surface area contributed by atoms with Crippen molar-refractivity contribution in [3.05, 3.63) is 5.82 Å². The zero-order valence-electron chi connectivity index (χ0n) is 15.8. The van der Waals surface area contributed by atoms with Crippen LogP contribution in [0, 0.1) is 6.92 Å². The number of rotatable bonds is 5. The number of aromatic nitrogens is 4. The third-order valence-electron chi connectivity index (χ3n) is 5.10. The van der Waals surface area contributed by atoms with Crippen LogP contribution in [0.3, 0.4) is 0 Å². The summed E-state index contributed by atoms with van der Waals surface area (Å²) in [6, 6.07) is 0. The van der Waals surface area contributed by atoms with E-state index in [-0.39, 0.29) is 17.9 Å². The Hall–Kier alpha value is -2.01. The van der Waals surface area contributed by atoms with Gasteiger partial charge in [0.1, 0.15) is 23.6 Å². The van der Waals surface area contributed by atoms with E-state index >= 15 is 0 Å². The lowest BCUT2D eigenvalue weighted by Crippen LogP contribution is -2.50. The van der Waals surface area contributed by atoms with Crippen LogP contribution < -0.4 is 10.5 Å². The Morgan fingerprint density at radius 3 is 2.54 bits per heavy atom. The van der Waals surface area contributed by atoms with Gasteiger partial charge in [-0.3, -0.25) is 4.57 Å². The van der Waals surface area contributed by atoms with Crippen molar-refractivity contribution in [3.63, 3.8) is 0 Å². The number of nitrogens with two attached hydrogens (primary N) is 1. The van der Waals surface area contributed by atoms with Crippen molar-refractivity contribution < 1.29 is 24.1 Å². The molecule has 1 unspecified atom stereocenters. The molecule has 3 heterocycles. The van der Waals surface area contributed by atoms with Crippen LogP contribution in [0.1, 0.15) is 25.9 Å². The van der Waals surface area contributed by atoms with Crippen molar-refractivity contribution in [2.45, 2.75) is 50.9 Å². The van der Waals surface area contributed by atoms with Gasteiger partial charge in [-0.15, -0.1) is 0 Å².